The molecule has 0 unspecified atom stereocenters. The third kappa shape index (κ3) is 9.34. The smallest absolute Gasteiger partial charge is 0.248 e. The summed E-state index contributed by atoms with van der Waals surface area (Å²) >= 11 is 0. The number of hydrogen-bond acceptors (Lipinski definition) is 14. The summed E-state index contributed by atoms with van der Waals surface area (Å²) < 4.78 is 21.5. The van der Waals surface area contributed by atoms with E-state index in [0.29, 0.717) is 112 Å². The maximum absolute atomic E-state index is 12.9. The number of nitrogens with zero attached hydrogens (tertiary/aromatic N) is 8. The van der Waals surface area contributed by atoms with Gasteiger partial charge in [-0.2, -0.15) is 9.97 Å². The van der Waals surface area contributed by atoms with E-state index in [9.17, 15) is 9.59 Å². The number of nitrogens with two attached hydrogens (primary N) is 1. The fraction of sp³-hybridized carbons (Fsp3) is 0.548. The van der Waals surface area contributed by atoms with Gasteiger partial charge in [0.05, 0.1) is 33.0 Å². The molecule has 47 heavy (non-hydrogen) atoms. The molecule has 1 aliphatic heterocycles. The number of piperazine rings is 1. The SMILES string of the molecule is COCCN(CCOC)c1nc(N2CCN(C)C(=O)C2)c2nc(N(CCOC)CCOC)nc(NCc3cccc(C(N)=O)c3)c2n1. The van der Waals surface area contributed by atoms with Crippen LogP contribution in [0, 0.1) is 0 Å². The van der Waals surface area contributed by atoms with E-state index in [1.54, 1.807) is 58.6 Å². The second-order valence-electron chi connectivity index (χ2n) is 11.0. The van der Waals surface area contributed by atoms with Crippen molar-refractivity contribution in [2.24, 2.45) is 5.73 Å². The number of amides is 2. The second kappa shape index (κ2) is 17.5. The van der Waals surface area contributed by atoms with Gasteiger partial charge >= 0.3 is 0 Å². The number of nitrogens with one attached hydrogen (secondary N) is 1. The van der Waals surface area contributed by atoms with E-state index in [1.807, 2.05) is 20.8 Å². The standard InChI is InChI=1S/C31H46N10O6/c1-38-9-10-41(21-24(38)42)29-26-25(34-31(37-29)40(13-17-46-4)14-18-47-5)28(33-20-22-7-6-8-23(19-22)27(32)43)36-30(35-26)39(11-15-44-2)12-16-45-3/h6-8,19H,9-18,20-21H2,1-5H3,(H2,32,43)(H,33,35,36). The third-order valence-electron chi connectivity index (χ3n) is 7.76. The summed E-state index contributed by atoms with van der Waals surface area (Å²) in [5, 5.41) is 3.43. The molecule has 2 aromatic heterocycles. The van der Waals surface area contributed by atoms with Crippen molar-refractivity contribution in [3.05, 3.63) is 35.4 Å². The fourth-order valence-electron chi connectivity index (χ4n) is 4.99. The minimum atomic E-state index is -0.510. The van der Waals surface area contributed by atoms with Crippen molar-refractivity contribution in [1.82, 2.24) is 24.8 Å². The number of ether oxygens (including phenoxy) is 4. The highest BCUT2D eigenvalue weighted by molar-refractivity contribution is 5.96. The van der Waals surface area contributed by atoms with Gasteiger partial charge in [0.15, 0.2) is 11.6 Å². The molecule has 1 aliphatic rings. The first-order chi connectivity index (χ1) is 22.8. The summed E-state index contributed by atoms with van der Waals surface area (Å²) in [5.74, 6) is 1.30. The van der Waals surface area contributed by atoms with Gasteiger partial charge in [0.25, 0.3) is 0 Å². The van der Waals surface area contributed by atoms with Crippen LogP contribution in [0.25, 0.3) is 11.0 Å². The van der Waals surface area contributed by atoms with E-state index in [2.05, 4.69) is 5.32 Å². The van der Waals surface area contributed by atoms with Crippen LogP contribution in [-0.2, 0) is 30.3 Å². The van der Waals surface area contributed by atoms with E-state index in [1.165, 1.54) is 0 Å². The first-order valence-electron chi connectivity index (χ1n) is 15.5. The third-order valence-corrected chi connectivity index (χ3v) is 7.76. The quantitative estimate of drug-likeness (QED) is 0.184. The Balaban J connectivity index is 1.92. The molecule has 0 aliphatic carbocycles. The van der Waals surface area contributed by atoms with Crippen molar-refractivity contribution in [2.75, 3.05) is 128 Å². The first-order valence-corrected chi connectivity index (χ1v) is 15.5. The topological polar surface area (TPSA) is 174 Å². The van der Waals surface area contributed by atoms with Crippen LogP contribution in [-0.4, -0.2) is 144 Å². The van der Waals surface area contributed by atoms with Gasteiger partial charge in [0.1, 0.15) is 11.0 Å². The minimum absolute atomic E-state index is 0.0241. The van der Waals surface area contributed by atoms with E-state index < -0.39 is 5.91 Å². The number of carbonyl (C=O) groups is 2. The Labute approximate surface area is 275 Å². The van der Waals surface area contributed by atoms with Crippen molar-refractivity contribution < 1.29 is 28.5 Å². The molecule has 0 atom stereocenters. The summed E-state index contributed by atoms with van der Waals surface area (Å²) in [6, 6.07) is 7.09. The van der Waals surface area contributed by atoms with Crippen LogP contribution in [0.5, 0.6) is 0 Å². The van der Waals surface area contributed by atoms with Crippen LogP contribution in [0.15, 0.2) is 24.3 Å². The molecule has 0 saturated carbocycles. The second-order valence-corrected chi connectivity index (χ2v) is 11.0. The predicted octanol–water partition coefficient (Wildman–Crippen LogP) is 0.608. The van der Waals surface area contributed by atoms with E-state index in [4.69, 9.17) is 44.6 Å². The van der Waals surface area contributed by atoms with Crippen LogP contribution < -0.4 is 25.8 Å². The number of likely N-dealkylation sites (N-methyl/N-ethyl adjacent to an activating group) is 1. The molecule has 3 aromatic rings. The number of benzene rings is 1. The summed E-state index contributed by atoms with van der Waals surface area (Å²) in [6.45, 7) is 5.35. The number of hydrogen-bond donors (Lipinski definition) is 2. The zero-order chi connectivity index (χ0) is 33.8. The first kappa shape index (κ1) is 35.5. The normalized spacial score (nSPS) is 13.3. The highest BCUT2D eigenvalue weighted by Crippen LogP contribution is 2.32. The zero-order valence-electron chi connectivity index (χ0n) is 27.9. The lowest BCUT2D eigenvalue weighted by Crippen LogP contribution is -2.49. The van der Waals surface area contributed by atoms with Gasteiger partial charge < -0.3 is 49.6 Å². The van der Waals surface area contributed by atoms with Gasteiger partial charge in [-0.3, -0.25) is 9.59 Å². The average Bonchev–Trinajstić information content (AvgIpc) is 3.08. The van der Waals surface area contributed by atoms with Crippen molar-refractivity contribution in [2.45, 2.75) is 6.54 Å². The number of fused-ring (bicyclic) bond motifs is 1. The van der Waals surface area contributed by atoms with Crippen molar-refractivity contribution >= 4 is 46.4 Å². The molecule has 16 nitrogen and oxygen atoms in total. The number of aromatic nitrogens is 4. The van der Waals surface area contributed by atoms with E-state index in [-0.39, 0.29) is 12.5 Å². The molecule has 0 radical (unpaired) electrons. The van der Waals surface area contributed by atoms with Gasteiger partial charge in [-0.25, -0.2) is 9.97 Å². The molecule has 16 heteroatoms. The Hall–Kier alpha value is -4.38. The Morgan fingerprint density at radius 3 is 1.98 bits per heavy atom. The van der Waals surface area contributed by atoms with Gasteiger partial charge in [-0.05, 0) is 17.7 Å². The molecular weight excluding hydrogens is 608 g/mol. The van der Waals surface area contributed by atoms with Gasteiger partial charge in [0.2, 0.25) is 23.7 Å². The lowest BCUT2D eigenvalue weighted by Gasteiger charge is -2.34. The summed E-state index contributed by atoms with van der Waals surface area (Å²) in [6.07, 6.45) is 0. The summed E-state index contributed by atoms with van der Waals surface area (Å²) in [7, 11) is 8.35. The van der Waals surface area contributed by atoms with Crippen molar-refractivity contribution in [1.29, 1.82) is 0 Å². The van der Waals surface area contributed by atoms with Gasteiger partial charge in [-0.1, -0.05) is 12.1 Å². The monoisotopic (exact) mass is 654 g/mol. The highest BCUT2D eigenvalue weighted by Gasteiger charge is 2.28. The molecule has 1 saturated heterocycles. The summed E-state index contributed by atoms with van der Waals surface area (Å²) in [4.78, 5) is 52.4. The Morgan fingerprint density at radius 2 is 1.43 bits per heavy atom. The predicted molar refractivity (Wildman–Crippen MR) is 179 cm³/mol. The Kier molecular flexibility index (Phi) is 13.2. The molecule has 3 heterocycles. The zero-order valence-corrected chi connectivity index (χ0v) is 27.9. The highest BCUT2D eigenvalue weighted by atomic mass is 16.5. The number of anilines is 4. The average molecular weight is 655 g/mol. The van der Waals surface area contributed by atoms with Crippen molar-refractivity contribution in [3.8, 4) is 0 Å². The maximum Gasteiger partial charge on any atom is 0.248 e. The van der Waals surface area contributed by atoms with Gasteiger partial charge in [-0.15, -0.1) is 0 Å². The summed E-state index contributed by atoms with van der Waals surface area (Å²) in [5.41, 5.74) is 7.73. The molecule has 1 fully saturated rings. The maximum atomic E-state index is 12.9. The van der Waals surface area contributed by atoms with Crippen molar-refractivity contribution in [3.63, 3.8) is 0 Å². The number of primary amides is 1. The Morgan fingerprint density at radius 1 is 0.851 bits per heavy atom. The largest absolute Gasteiger partial charge is 0.383 e. The lowest BCUT2D eigenvalue weighted by atomic mass is 10.1. The van der Waals surface area contributed by atoms with Gasteiger partial charge in [0, 0.05) is 86.9 Å². The van der Waals surface area contributed by atoms with E-state index in [0.717, 1.165) is 5.56 Å². The minimum Gasteiger partial charge on any atom is -0.383 e. The molecule has 3 N–H and O–H groups in total. The Bertz CT molecular complexity index is 1480. The lowest BCUT2D eigenvalue weighted by molar-refractivity contribution is -0.129. The number of rotatable bonds is 19. The molecule has 4 rings (SSSR count). The molecule has 2 amide bonds. The van der Waals surface area contributed by atoms with Crippen LogP contribution in [0.2, 0.25) is 0 Å². The molecule has 256 valence electrons. The fourth-order valence-corrected chi connectivity index (χ4v) is 4.99. The van der Waals surface area contributed by atoms with E-state index >= 15 is 0 Å². The number of methoxy groups -OCH3 is 4. The van der Waals surface area contributed by atoms with Crippen LogP contribution in [0.3, 0.4) is 0 Å². The molecule has 1 aromatic carbocycles. The molecule has 0 bridgehead atoms. The van der Waals surface area contributed by atoms with Crippen LogP contribution >= 0.6 is 0 Å². The number of carbonyl (C=O) groups excluding carboxylic acids is 2. The molecular formula is C31H46N10O6. The molecule has 0 spiro atoms. The van der Waals surface area contributed by atoms with Crippen LogP contribution in [0.4, 0.5) is 23.5 Å². The van der Waals surface area contributed by atoms with Crippen LogP contribution in [0.1, 0.15) is 15.9 Å².